The van der Waals surface area contributed by atoms with E-state index in [1.54, 1.807) is 0 Å². The molecule has 6 nitrogen and oxygen atoms in total. The van der Waals surface area contributed by atoms with Crippen molar-refractivity contribution < 1.29 is 27.5 Å². The highest BCUT2D eigenvalue weighted by Gasteiger charge is 2.31. The van der Waals surface area contributed by atoms with Gasteiger partial charge in [-0.2, -0.15) is 13.2 Å². The fourth-order valence-corrected chi connectivity index (χ4v) is 2.50. The van der Waals surface area contributed by atoms with Crippen LogP contribution in [0.5, 0.6) is 5.88 Å². The van der Waals surface area contributed by atoms with Gasteiger partial charge in [-0.25, -0.2) is 9.07 Å². The zero-order valence-corrected chi connectivity index (χ0v) is 13.5. The van der Waals surface area contributed by atoms with Crippen LogP contribution in [0, 0.1) is 5.82 Å². The zero-order valence-electron chi connectivity index (χ0n) is 13.5. The van der Waals surface area contributed by atoms with Crippen molar-refractivity contribution in [1.29, 1.82) is 0 Å². The number of carbonyl (C=O) groups is 1. The minimum Gasteiger partial charge on any atom is -0.492 e. The Hall–Kier alpha value is -3.43. The summed E-state index contributed by atoms with van der Waals surface area (Å²) < 4.78 is 53.2. The maximum absolute atomic E-state index is 13.5. The molecular formula is C17H12F4N4O2. The first-order valence-electron chi connectivity index (χ1n) is 7.54. The summed E-state index contributed by atoms with van der Waals surface area (Å²) in [6.45, 7) is 0. The Bertz CT molecular complexity index is 1010. The van der Waals surface area contributed by atoms with Crippen molar-refractivity contribution in [2.45, 2.75) is 12.6 Å². The normalized spacial score (nSPS) is 11.6. The molecule has 0 saturated carbocycles. The van der Waals surface area contributed by atoms with Crippen LogP contribution in [-0.2, 0) is 12.6 Å². The van der Waals surface area contributed by atoms with E-state index in [4.69, 9.17) is 5.73 Å². The molecule has 10 heteroatoms. The Balaban J connectivity index is 1.92. The molecule has 2 aromatic heterocycles. The van der Waals surface area contributed by atoms with Crippen molar-refractivity contribution in [2.75, 3.05) is 0 Å². The number of benzene rings is 1. The number of aromatic nitrogens is 3. The number of aromatic hydroxyl groups is 1. The first kappa shape index (κ1) is 18.4. The molecule has 0 bridgehead atoms. The van der Waals surface area contributed by atoms with Gasteiger partial charge in [0.1, 0.15) is 11.4 Å². The molecule has 3 rings (SSSR count). The number of alkyl halides is 3. The van der Waals surface area contributed by atoms with E-state index in [1.165, 1.54) is 29.2 Å². The van der Waals surface area contributed by atoms with E-state index in [9.17, 15) is 27.5 Å². The molecule has 0 aliphatic heterocycles. The summed E-state index contributed by atoms with van der Waals surface area (Å²) in [7, 11) is 0. The summed E-state index contributed by atoms with van der Waals surface area (Å²) in [4.78, 5) is 15.2. The van der Waals surface area contributed by atoms with Gasteiger partial charge in [0.2, 0.25) is 5.88 Å². The molecular weight excluding hydrogens is 368 g/mol. The van der Waals surface area contributed by atoms with Crippen LogP contribution in [-0.4, -0.2) is 25.8 Å². The second-order valence-electron chi connectivity index (χ2n) is 5.70. The topological polar surface area (TPSA) is 94.0 Å². The third-order valence-corrected chi connectivity index (χ3v) is 3.70. The van der Waals surface area contributed by atoms with E-state index in [-0.39, 0.29) is 17.5 Å². The van der Waals surface area contributed by atoms with Gasteiger partial charge in [0.05, 0.1) is 11.3 Å². The van der Waals surface area contributed by atoms with Crippen LogP contribution in [0.1, 0.15) is 27.2 Å². The summed E-state index contributed by atoms with van der Waals surface area (Å²) in [5, 5.41) is 13.4. The van der Waals surface area contributed by atoms with Crippen molar-refractivity contribution in [3.05, 3.63) is 70.9 Å². The van der Waals surface area contributed by atoms with E-state index in [2.05, 4.69) is 10.1 Å². The Morgan fingerprint density at radius 3 is 2.59 bits per heavy atom. The van der Waals surface area contributed by atoms with Gasteiger partial charge in [0, 0.05) is 24.5 Å². The number of nitrogens with two attached hydrogens (primary N) is 1. The van der Waals surface area contributed by atoms with Crippen molar-refractivity contribution >= 4 is 5.91 Å². The minimum atomic E-state index is -4.66. The number of hydrogen-bond donors (Lipinski definition) is 2. The second-order valence-corrected chi connectivity index (χ2v) is 5.70. The van der Waals surface area contributed by atoms with Crippen LogP contribution in [0.2, 0.25) is 0 Å². The lowest BCUT2D eigenvalue weighted by Crippen LogP contribution is -2.10. The lowest BCUT2D eigenvalue weighted by Gasteiger charge is -2.10. The smallest absolute Gasteiger partial charge is 0.416 e. The van der Waals surface area contributed by atoms with E-state index in [0.29, 0.717) is 17.4 Å². The highest BCUT2D eigenvalue weighted by molar-refractivity contribution is 5.94. The highest BCUT2D eigenvalue weighted by Crippen LogP contribution is 2.31. The number of amides is 1. The van der Waals surface area contributed by atoms with Gasteiger partial charge in [0.15, 0.2) is 0 Å². The standard InChI is InChI=1S/C17H12F4N4O2/c18-11-4-9(3-10(6-11)17(19,20)21)5-12-7-13(1-2-23-12)25-8-14(15(22)26)16(27)24-25/h1-4,6-8H,5H2,(H2,22,26)(H,24,27). The average Bonchev–Trinajstić information content (AvgIpc) is 2.96. The molecule has 0 spiro atoms. The van der Waals surface area contributed by atoms with Gasteiger partial charge in [0.25, 0.3) is 5.91 Å². The Morgan fingerprint density at radius 2 is 1.96 bits per heavy atom. The molecule has 2 heterocycles. The molecule has 3 aromatic rings. The van der Waals surface area contributed by atoms with Crippen LogP contribution >= 0.6 is 0 Å². The van der Waals surface area contributed by atoms with E-state index in [1.807, 2.05) is 0 Å². The maximum atomic E-state index is 13.5. The number of rotatable bonds is 4. The molecule has 0 aliphatic rings. The number of halogens is 4. The molecule has 0 unspecified atom stereocenters. The average molecular weight is 380 g/mol. The molecule has 27 heavy (non-hydrogen) atoms. The Morgan fingerprint density at radius 1 is 1.22 bits per heavy atom. The van der Waals surface area contributed by atoms with Crippen molar-refractivity contribution in [3.8, 4) is 11.6 Å². The van der Waals surface area contributed by atoms with Crippen molar-refractivity contribution in [2.24, 2.45) is 5.73 Å². The Labute approximate surface area is 149 Å². The molecule has 1 amide bonds. The third-order valence-electron chi connectivity index (χ3n) is 3.70. The monoisotopic (exact) mass is 380 g/mol. The number of hydrogen-bond acceptors (Lipinski definition) is 4. The van der Waals surface area contributed by atoms with Crippen LogP contribution < -0.4 is 5.73 Å². The van der Waals surface area contributed by atoms with Crippen LogP contribution in [0.15, 0.2) is 42.7 Å². The fraction of sp³-hybridized carbons (Fsp3) is 0.118. The molecule has 1 aromatic carbocycles. The summed E-state index contributed by atoms with van der Waals surface area (Å²) in [5.74, 6) is -2.42. The highest BCUT2D eigenvalue weighted by atomic mass is 19.4. The third kappa shape index (κ3) is 4.05. The van der Waals surface area contributed by atoms with Crippen LogP contribution in [0.3, 0.4) is 0 Å². The van der Waals surface area contributed by atoms with E-state index in [0.717, 1.165) is 12.1 Å². The fourth-order valence-electron chi connectivity index (χ4n) is 2.50. The summed E-state index contributed by atoms with van der Waals surface area (Å²) in [6.07, 6.45) is -2.15. The zero-order chi connectivity index (χ0) is 19.8. The van der Waals surface area contributed by atoms with Gasteiger partial charge < -0.3 is 10.8 Å². The number of carbonyl (C=O) groups excluding carboxylic acids is 1. The van der Waals surface area contributed by atoms with Crippen LogP contribution in [0.25, 0.3) is 5.69 Å². The van der Waals surface area contributed by atoms with Gasteiger partial charge in [-0.3, -0.25) is 9.78 Å². The molecule has 0 fully saturated rings. The lowest BCUT2D eigenvalue weighted by atomic mass is 10.0. The first-order chi connectivity index (χ1) is 12.6. The maximum Gasteiger partial charge on any atom is 0.416 e. The second kappa shape index (κ2) is 6.71. The minimum absolute atomic E-state index is 0.0649. The summed E-state index contributed by atoms with van der Waals surface area (Å²) >= 11 is 0. The Kier molecular flexibility index (Phi) is 4.56. The van der Waals surface area contributed by atoms with Gasteiger partial charge >= 0.3 is 6.18 Å². The first-order valence-corrected chi connectivity index (χ1v) is 7.54. The lowest BCUT2D eigenvalue weighted by molar-refractivity contribution is -0.137. The number of pyridine rings is 1. The quantitative estimate of drug-likeness (QED) is 0.681. The number of primary amides is 1. The molecule has 140 valence electrons. The van der Waals surface area contributed by atoms with Gasteiger partial charge in [-0.05, 0) is 35.9 Å². The molecule has 0 atom stereocenters. The van der Waals surface area contributed by atoms with E-state index < -0.39 is 29.3 Å². The molecule has 3 N–H and O–H groups in total. The van der Waals surface area contributed by atoms with Gasteiger partial charge in [-0.15, -0.1) is 5.10 Å². The van der Waals surface area contributed by atoms with Crippen molar-refractivity contribution in [1.82, 2.24) is 14.8 Å². The summed E-state index contributed by atoms with van der Waals surface area (Å²) in [5.41, 5.74) is 4.65. The predicted octanol–water partition coefficient (Wildman–Crippen LogP) is 2.82. The molecule has 0 saturated heterocycles. The molecule has 0 radical (unpaired) electrons. The predicted molar refractivity (Wildman–Crippen MR) is 85.7 cm³/mol. The van der Waals surface area contributed by atoms with Crippen LogP contribution in [0.4, 0.5) is 17.6 Å². The summed E-state index contributed by atoms with van der Waals surface area (Å²) in [6, 6.07) is 5.25. The largest absolute Gasteiger partial charge is 0.492 e. The molecule has 0 aliphatic carbocycles. The van der Waals surface area contributed by atoms with Crippen molar-refractivity contribution in [3.63, 3.8) is 0 Å². The van der Waals surface area contributed by atoms with Gasteiger partial charge in [-0.1, -0.05) is 0 Å². The SMILES string of the molecule is NC(=O)c1cn(-c2ccnc(Cc3cc(F)cc(C(F)(F)F)c3)c2)nc1O. The van der Waals surface area contributed by atoms with E-state index >= 15 is 0 Å². The number of nitrogens with zero attached hydrogens (tertiary/aromatic N) is 3.